The average molecular weight is 311 g/mol. The molecule has 2 unspecified atom stereocenters. The first-order valence-corrected chi connectivity index (χ1v) is 7.00. The van der Waals surface area contributed by atoms with Crippen molar-refractivity contribution in [3.63, 3.8) is 0 Å². The molecule has 2 aliphatic rings. The van der Waals surface area contributed by atoms with Crippen LogP contribution in [0.5, 0.6) is 0 Å². The minimum Gasteiger partial charge on any atom is -0.342 e. The molecule has 0 aromatic carbocycles. The molecule has 1 aromatic rings. The fourth-order valence-electron chi connectivity index (χ4n) is 3.18. The van der Waals surface area contributed by atoms with Gasteiger partial charge in [0.05, 0.1) is 4.47 Å². The Labute approximate surface area is 114 Å². The topological polar surface area (TPSA) is 42.3 Å². The predicted octanol–water partition coefficient (Wildman–Crippen LogP) is 1.58. The molecule has 5 heteroatoms. The number of amides is 1. The summed E-state index contributed by atoms with van der Waals surface area (Å²) in [6.07, 6.45) is 1.09. The van der Waals surface area contributed by atoms with Crippen LogP contribution in [-0.4, -0.2) is 28.5 Å². The summed E-state index contributed by atoms with van der Waals surface area (Å²) in [6, 6.07) is 3.83. The zero-order chi connectivity index (χ0) is 12.9. The second-order valence-corrected chi connectivity index (χ2v) is 6.10. The molecule has 96 valence electrons. The molecule has 1 saturated heterocycles. The van der Waals surface area contributed by atoms with Gasteiger partial charge in [-0.3, -0.25) is 9.59 Å². The van der Waals surface area contributed by atoms with E-state index >= 15 is 0 Å². The number of fused-ring (bicyclic) bond motifs is 4. The molecule has 1 fully saturated rings. The van der Waals surface area contributed by atoms with Crippen molar-refractivity contribution in [2.24, 2.45) is 5.92 Å². The zero-order valence-corrected chi connectivity index (χ0v) is 11.8. The van der Waals surface area contributed by atoms with Gasteiger partial charge in [0.2, 0.25) is 5.91 Å². The molecule has 0 radical (unpaired) electrons. The van der Waals surface area contributed by atoms with Crippen molar-refractivity contribution in [1.29, 1.82) is 0 Å². The first-order valence-electron chi connectivity index (χ1n) is 6.21. The van der Waals surface area contributed by atoms with Gasteiger partial charge < -0.3 is 9.47 Å². The summed E-state index contributed by atoms with van der Waals surface area (Å²) < 4.78 is 2.50. The Balaban J connectivity index is 2.03. The van der Waals surface area contributed by atoms with E-state index in [1.54, 1.807) is 6.92 Å². The number of pyridine rings is 1. The van der Waals surface area contributed by atoms with E-state index in [1.807, 2.05) is 21.6 Å². The van der Waals surface area contributed by atoms with E-state index in [-0.39, 0.29) is 11.5 Å². The SMILES string of the molecule is CC(=O)N1CC2CC(C1)c1ccc(Br)c(=O)n1C2. The molecule has 0 spiro atoms. The summed E-state index contributed by atoms with van der Waals surface area (Å²) in [4.78, 5) is 25.5. The van der Waals surface area contributed by atoms with E-state index < -0.39 is 0 Å². The van der Waals surface area contributed by atoms with E-state index in [0.29, 0.717) is 16.3 Å². The molecule has 2 aliphatic heterocycles. The first kappa shape index (κ1) is 12.0. The molecule has 3 heterocycles. The number of aromatic nitrogens is 1. The maximum absolute atomic E-state index is 12.1. The average Bonchev–Trinajstić information content (AvgIpc) is 2.34. The Hall–Kier alpha value is -1.10. The minimum atomic E-state index is 0.0541. The molecule has 2 bridgehead atoms. The van der Waals surface area contributed by atoms with Crippen LogP contribution in [0.2, 0.25) is 0 Å². The van der Waals surface area contributed by atoms with Gasteiger partial charge in [0.25, 0.3) is 5.56 Å². The molecule has 4 nitrogen and oxygen atoms in total. The van der Waals surface area contributed by atoms with Crippen LogP contribution in [0.25, 0.3) is 0 Å². The highest BCUT2D eigenvalue weighted by Crippen LogP contribution is 2.35. The number of nitrogens with zero attached hydrogens (tertiary/aromatic N) is 2. The number of piperidine rings is 1. The zero-order valence-electron chi connectivity index (χ0n) is 10.2. The summed E-state index contributed by atoms with van der Waals surface area (Å²) in [5.41, 5.74) is 1.13. The molecule has 1 aromatic heterocycles. The van der Waals surface area contributed by atoms with E-state index in [0.717, 1.165) is 31.7 Å². The van der Waals surface area contributed by atoms with Gasteiger partial charge in [-0.25, -0.2) is 0 Å². The highest BCUT2D eigenvalue weighted by Gasteiger charge is 2.35. The largest absolute Gasteiger partial charge is 0.342 e. The quantitative estimate of drug-likeness (QED) is 0.730. The number of carbonyl (C=O) groups excluding carboxylic acids is 1. The van der Waals surface area contributed by atoms with Crippen molar-refractivity contribution < 1.29 is 4.79 Å². The molecular formula is C13H15BrN2O2. The van der Waals surface area contributed by atoms with Crippen LogP contribution < -0.4 is 5.56 Å². The highest BCUT2D eigenvalue weighted by atomic mass is 79.9. The fourth-order valence-corrected chi connectivity index (χ4v) is 3.52. The highest BCUT2D eigenvalue weighted by molar-refractivity contribution is 9.10. The van der Waals surface area contributed by atoms with Crippen LogP contribution in [0.1, 0.15) is 25.0 Å². The van der Waals surface area contributed by atoms with Crippen LogP contribution in [-0.2, 0) is 11.3 Å². The van der Waals surface area contributed by atoms with Crippen molar-refractivity contribution in [2.45, 2.75) is 25.8 Å². The number of hydrogen-bond acceptors (Lipinski definition) is 2. The normalized spacial score (nSPS) is 25.8. The third-order valence-electron chi connectivity index (χ3n) is 4.00. The molecule has 0 N–H and O–H groups in total. The smallest absolute Gasteiger partial charge is 0.265 e. The molecule has 18 heavy (non-hydrogen) atoms. The molecule has 0 aliphatic carbocycles. The van der Waals surface area contributed by atoms with Gasteiger partial charge in [-0.05, 0) is 40.4 Å². The lowest BCUT2D eigenvalue weighted by Gasteiger charge is -2.42. The Morgan fingerprint density at radius 2 is 2.11 bits per heavy atom. The maximum Gasteiger partial charge on any atom is 0.265 e. The Kier molecular flexibility index (Phi) is 2.81. The number of hydrogen-bond donors (Lipinski definition) is 0. The summed E-state index contributed by atoms with van der Waals surface area (Å²) in [6.45, 7) is 3.88. The summed E-state index contributed by atoms with van der Waals surface area (Å²) in [7, 11) is 0. The second kappa shape index (κ2) is 4.23. The van der Waals surface area contributed by atoms with Gasteiger partial charge in [-0.15, -0.1) is 0 Å². The van der Waals surface area contributed by atoms with Crippen LogP contribution in [0.4, 0.5) is 0 Å². The molecule has 0 saturated carbocycles. The Morgan fingerprint density at radius 1 is 1.33 bits per heavy atom. The van der Waals surface area contributed by atoms with E-state index in [1.165, 1.54) is 0 Å². The minimum absolute atomic E-state index is 0.0541. The third-order valence-corrected chi connectivity index (χ3v) is 4.61. The van der Waals surface area contributed by atoms with E-state index in [9.17, 15) is 9.59 Å². The van der Waals surface area contributed by atoms with Gasteiger partial charge in [-0.1, -0.05) is 0 Å². The molecule has 3 rings (SSSR count). The predicted molar refractivity (Wildman–Crippen MR) is 71.5 cm³/mol. The maximum atomic E-state index is 12.1. The van der Waals surface area contributed by atoms with Crippen LogP contribution >= 0.6 is 15.9 Å². The standard InChI is InChI=1S/C13H15BrN2O2/c1-8(17)15-5-9-4-10(7-15)12-3-2-11(14)13(18)16(12)6-9/h2-3,9-10H,4-7H2,1H3. The van der Waals surface area contributed by atoms with E-state index in [4.69, 9.17) is 0 Å². The van der Waals surface area contributed by atoms with Gasteiger partial charge >= 0.3 is 0 Å². The summed E-state index contributed by atoms with van der Waals surface area (Å²) in [5, 5.41) is 0. The Bertz CT molecular complexity index is 567. The van der Waals surface area contributed by atoms with Gasteiger partial charge in [-0.2, -0.15) is 0 Å². The molecule has 2 atom stereocenters. The van der Waals surface area contributed by atoms with Crippen molar-refractivity contribution in [2.75, 3.05) is 13.1 Å². The Morgan fingerprint density at radius 3 is 2.83 bits per heavy atom. The van der Waals surface area contributed by atoms with Crippen LogP contribution in [0, 0.1) is 5.92 Å². The molecular weight excluding hydrogens is 296 g/mol. The molecule has 1 amide bonds. The van der Waals surface area contributed by atoms with Gasteiger partial charge in [0, 0.05) is 38.2 Å². The third kappa shape index (κ3) is 1.81. The lowest BCUT2D eigenvalue weighted by molar-refractivity contribution is -0.131. The lowest BCUT2D eigenvalue weighted by atomic mass is 9.83. The fraction of sp³-hybridized carbons (Fsp3) is 0.538. The number of rotatable bonds is 0. The van der Waals surface area contributed by atoms with Crippen molar-refractivity contribution in [3.8, 4) is 0 Å². The van der Waals surface area contributed by atoms with Crippen LogP contribution in [0.15, 0.2) is 21.4 Å². The first-order chi connectivity index (χ1) is 8.56. The van der Waals surface area contributed by atoms with Crippen molar-refractivity contribution in [1.82, 2.24) is 9.47 Å². The van der Waals surface area contributed by atoms with Gasteiger partial charge in [0.15, 0.2) is 0 Å². The summed E-state index contributed by atoms with van der Waals surface area (Å²) in [5.74, 6) is 0.854. The monoisotopic (exact) mass is 310 g/mol. The number of likely N-dealkylation sites (tertiary alicyclic amines) is 1. The van der Waals surface area contributed by atoms with Crippen molar-refractivity contribution in [3.05, 3.63) is 32.7 Å². The lowest BCUT2D eigenvalue weighted by Crippen LogP contribution is -2.48. The van der Waals surface area contributed by atoms with Crippen LogP contribution in [0.3, 0.4) is 0 Å². The van der Waals surface area contributed by atoms with Gasteiger partial charge in [0.1, 0.15) is 0 Å². The van der Waals surface area contributed by atoms with E-state index in [2.05, 4.69) is 15.9 Å². The summed E-state index contributed by atoms with van der Waals surface area (Å²) >= 11 is 3.29. The number of halogens is 1. The second-order valence-electron chi connectivity index (χ2n) is 5.24. The number of carbonyl (C=O) groups is 1. The van der Waals surface area contributed by atoms with Crippen molar-refractivity contribution >= 4 is 21.8 Å².